The molecule has 0 saturated carbocycles. The molecular formula is C19H16ClN3O3. The largest absolute Gasteiger partial charge is 0.465 e. The molecule has 0 radical (unpaired) electrons. The van der Waals surface area contributed by atoms with Crippen molar-refractivity contribution in [1.82, 2.24) is 9.38 Å². The third-order valence-electron chi connectivity index (χ3n) is 3.75. The SMILES string of the molecule is COC(=O)c1cc(C)ccc1NC(=O)/C=C/c1c(Cl)nc2ccccn12. The van der Waals surface area contributed by atoms with E-state index in [4.69, 9.17) is 16.3 Å². The van der Waals surface area contributed by atoms with Gasteiger partial charge in [0.25, 0.3) is 0 Å². The van der Waals surface area contributed by atoms with E-state index >= 15 is 0 Å². The Bertz CT molecular complexity index is 1020. The Morgan fingerprint density at radius 3 is 2.85 bits per heavy atom. The molecule has 1 aromatic carbocycles. The Labute approximate surface area is 155 Å². The first-order valence-corrected chi connectivity index (χ1v) is 8.18. The van der Waals surface area contributed by atoms with Gasteiger partial charge in [-0.05, 0) is 37.3 Å². The highest BCUT2D eigenvalue weighted by atomic mass is 35.5. The predicted molar refractivity (Wildman–Crippen MR) is 100 cm³/mol. The molecular weight excluding hydrogens is 354 g/mol. The monoisotopic (exact) mass is 369 g/mol. The van der Waals surface area contributed by atoms with Gasteiger partial charge in [-0.1, -0.05) is 29.3 Å². The zero-order chi connectivity index (χ0) is 18.7. The third kappa shape index (κ3) is 3.60. The van der Waals surface area contributed by atoms with Gasteiger partial charge in [0.2, 0.25) is 5.91 Å². The van der Waals surface area contributed by atoms with Crippen LogP contribution in [0.15, 0.2) is 48.7 Å². The van der Waals surface area contributed by atoms with Crippen LogP contribution in [-0.2, 0) is 9.53 Å². The molecule has 7 heteroatoms. The van der Waals surface area contributed by atoms with Crippen LogP contribution in [0, 0.1) is 6.92 Å². The predicted octanol–water partition coefficient (Wildman–Crippen LogP) is 3.73. The summed E-state index contributed by atoms with van der Waals surface area (Å²) in [6, 6.07) is 10.6. The molecule has 0 unspecified atom stereocenters. The number of fused-ring (bicyclic) bond motifs is 1. The summed E-state index contributed by atoms with van der Waals surface area (Å²) in [6.07, 6.45) is 4.72. The number of pyridine rings is 1. The number of carbonyl (C=O) groups is 2. The van der Waals surface area contributed by atoms with Crippen molar-refractivity contribution in [2.45, 2.75) is 6.92 Å². The number of benzene rings is 1. The minimum Gasteiger partial charge on any atom is -0.465 e. The van der Waals surface area contributed by atoms with E-state index in [0.717, 1.165) is 5.56 Å². The van der Waals surface area contributed by atoms with E-state index in [1.54, 1.807) is 34.9 Å². The van der Waals surface area contributed by atoms with Gasteiger partial charge in [-0.2, -0.15) is 0 Å². The fourth-order valence-electron chi connectivity index (χ4n) is 2.51. The molecule has 0 spiro atoms. The molecule has 6 nitrogen and oxygen atoms in total. The van der Waals surface area contributed by atoms with Crippen molar-refractivity contribution >= 4 is 40.9 Å². The number of hydrogen-bond acceptors (Lipinski definition) is 4. The molecule has 0 aliphatic carbocycles. The smallest absolute Gasteiger partial charge is 0.339 e. The molecule has 0 fully saturated rings. The number of esters is 1. The van der Waals surface area contributed by atoms with Crippen LogP contribution in [-0.4, -0.2) is 28.4 Å². The van der Waals surface area contributed by atoms with Gasteiger partial charge in [-0.25, -0.2) is 9.78 Å². The summed E-state index contributed by atoms with van der Waals surface area (Å²) in [5.41, 5.74) is 2.83. The quantitative estimate of drug-likeness (QED) is 0.561. The number of ether oxygens (including phenoxy) is 1. The van der Waals surface area contributed by atoms with E-state index < -0.39 is 11.9 Å². The van der Waals surface area contributed by atoms with Crippen molar-refractivity contribution in [3.8, 4) is 0 Å². The number of carbonyl (C=O) groups excluding carboxylic acids is 2. The van der Waals surface area contributed by atoms with Gasteiger partial charge in [-0.3, -0.25) is 9.20 Å². The Hall–Kier alpha value is -3.12. The van der Waals surface area contributed by atoms with Gasteiger partial charge in [0.05, 0.1) is 24.1 Å². The first-order valence-electron chi connectivity index (χ1n) is 7.80. The summed E-state index contributed by atoms with van der Waals surface area (Å²) in [6.45, 7) is 1.85. The average molecular weight is 370 g/mol. The average Bonchev–Trinajstić information content (AvgIpc) is 2.96. The Morgan fingerprint density at radius 1 is 1.27 bits per heavy atom. The number of nitrogens with one attached hydrogen (secondary N) is 1. The lowest BCUT2D eigenvalue weighted by Gasteiger charge is -2.09. The number of methoxy groups -OCH3 is 1. The Balaban J connectivity index is 1.84. The van der Waals surface area contributed by atoms with Crippen LogP contribution in [0.2, 0.25) is 5.15 Å². The molecule has 1 amide bonds. The van der Waals surface area contributed by atoms with E-state index in [1.165, 1.54) is 13.2 Å². The van der Waals surface area contributed by atoms with Crippen LogP contribution in [0.5, 0.6) is 0 Å². The van der Waals surface area contributed by atoms with Crippen LogP contribution in [0.4, 0.5) is 5.69 Å². The van der Waals surface area contributed by atoms with E-state index in [1.807, 2.05) is 25.1 Å². The Morgan fingerprint density at radius 2 is 2.08 bits per heavy atom. The number of aryl methyl sites for hydroxylation is 1. The number of halogens is 1. The number of nitrogens with zero attached hydrogens (tertiary/aromatic N) is 2. The van der Waals surface area contributed by atoms with Gasteiger partial charge in [0.1, 0.15) is 5.65 Å². The van der Waals surface area contributed by atoms with Crippen LogP contribution in [0.1, 0.15) is 21.6 Å². The van der Waals surface area contributed by atoms with E-state index in [-0.39, 0.29) is 0 Å². The minimum atomic E-state index is -0.516. The first kappa shape index (κ1) is 17.7. The summed E-state index contributed by atoms with van der Waals surface area (Å²) < 4.78 is 6.53. The van der Waals surface area contributed by atoms with Crippen LogP contribution < -0.4 is 5.32 Å². The molecule has 0 atom stereocenters. The first-order chi connectivity index (χ1) is 12.5. The number of hydrogen-bond donors (Lipinski definition) is 1. The zero-order valence-electron chi connectivity index (χ0n) is 14.2. The molecule has 3 rings (SSSR count). The lowest BCUT2D eigenvalue weighted by molar-refractivity contribution is -0.111. The number of aromatic nitrogens is 2. The molecule has 0 aliphatic heterocycles. The van der Waals surface area contributed by atoms with E-state index in [9.17, 15) is 9.59 Å². The Kier molecular flexibility index (Phi) is 5.04. The standard InChI is InChI=1S/C19H16ClN3O3/c1-12-6-7-14(13(11-12)19(25)26-2)21-17(24)9-8-15-18(20)22-16-5-3-4-10-23(15)16/h3-11H,1-2H3,(H,21,24)/b9-8+. The van der Waals surface area contributed by atoms with Crippen molar-refractivity contribution in [3.05, 3.63) is 70.6 Å². The molecule has 0 saturated heterocycles. The van der Waals surface area contributed by atoms with Crippen molar-refractivity contribution in [2.75, 3.05) is 12.4 Å². The maximum atomic E-state index is 12.3. The van der Waals surface area contributed by atoms with Crippen molar-refractivity contribution in [1.29, 1.82) is 0 Å². The van der Waals surface area contributed by atoms with E-state index in [0.29, 0.717) is 27.7 Å². The number of imidazole rings is 1. The normalized spacial score (nSPS) is 11.0. The van der Waals surface area contributed by atoms with E-state index in [2.05, 4.69) is 10.3 Å². The van der Waals surface area contributed by atoms with Gasteiger partial charge in [0.15, 0.2) is 5.15 Å². The van der Waals surface area contributed by atoms with Gasteiger partial charge in [-0.15, -0.1) is 0 Å². The maximum Gasteiger partial charge on any atom is 0.339 e. The summed E-state index contributed by atoms with van der Waals surface area (Å²) in [5.74, 6) is -0.918. The third-order valence-corrected chi connectivity index (χ3v) is 4.03. The van der Waals surface area contributed by atoms with Crippen LogP contribution >= 0.6 is 11.6 Å². The lowest BCUT2D eigenvalue weighted by Crippen LogP contribution is -2.13. The second-order valence-electron chi connectivity index (χ2n) is 5.58. The van der Waals surface area contributed by atoms with Crippen LogP contribution in [0.3, 0.4) is 0 Å². The molecule has 3 aromatic rings. The van der Waals surface area contributed by atoms with Crippen LogP contribution in [0.25, 0.3) is 11.7 Å². The van der Waals surface area contributed by atoms with Crippen molar-refractivity contribution in [2.24, 2.45) is 0 Å². The molecule has 26 heavy (non-hydrogen) atoms. The lowest BCUT2D eigenvalue weighted by atomic mass is 10.1. The fraction of sp³-hybridized carbons (Fsp3) is 0.105. The zero-order valence-corrected chi connectivity index (χ0v) is 14.9. The molecule has 132 valence electrons. The molecule has 1 N–H and O–H groups in total. The molecule has 0 bridgehead atoms. The number of rotatable bonds is 4. The second kappa shape index (κ2) is 7.41. The van der Waals surface area contributed by atoms with Gasteiger partial charge < -0.3 is 10.1 Å². The summed E-state index contributed by atoms with van der Waals surface area (Å²) in [4.78, 5) is 28.4. The highest BCUT2D eigenvalue weighted by Crippen LogP contribution is 2.20. The number of anilines is 1. The topological polar surface area (TPSA) is 72.7 Å². The molecule has 2 heterocycles. The number of amides is 1. The second-order valence-corrected chi connectivity index (χ2v) is 5.94. The summed E-state index contributed by atoms with van der Waals surface area (Å²) in [7, 11) is 1.29. The summed E-state index contributed by atoms with van der Waals surface area (Å²) >= 11 is 6.14. The van der Waals surface area contributed by atoms with Gasteiger partial charge in [0, 0.05) is 12.3 Å². The highest BCUT2D eigenvalue weighted by molar-refractivity contribution is 6.31. The fourth-order valence-corrected chi connectivity index (χ4v) is 2.75. The highest BCUT2D eigenvalue weighted by Gasteiger charge is 2.14. The summed E-state index contributed by atoms with van der Waals surface area (Å²) in [5, 5.41) is 2.98. The molecule has 0 aliphatic rings. The maximum absolute atomic E-state index is 12.3. The van der Waals surface area contributed by atoms with Crippen molar-refractivity contribution < 1.29 is 14.3 Å². The molecule has 2 aromatic heterocycles. The van der Waals surface area contributed by atoms with Gasteiger partial charge >= 0.3 is 5.97 Å². The van der Waals surface area contributed by atoms with Crippen molar-refractivity contribution in [3.63, 3.8) is 0 Å². The minimum absolute atomic E-state index is 0.294.